The van der Waals surface area contributed by atoms with Crippen molar-refractivity contribution in [2.75, 3.05) is 6.61 Å². The van der Waals surface area contributed by atoms with Crippen LogP contribution in [0.3, 0.4) is 0 Å². The number of carbonyl (C=O) groups excluding carboxylic acids is 2. The Morgan fingerprint density at radius 1 is 0.962 bits per heavy atom. The van der Waals surface area contributed by atoms with Crippen LogP contribution in [0.15, 0.2) is 73.1 Å². The van der Waals surface area contributed by atoms with Crippen LogP contribution in [0, 0.1) is 5.82 Å². The number of carbonyl (C=O) groups is 2. The second-order valence-corrected chi connectivity index (χ2v) is 5.58. The van der Waals surface area contributed by atoms with Gasteiger partial charge in [-0.3, -0.25) is 4.79 Å². The van der Waals surface area contributed by atoms with Crippen LogP contribution < -0.4 is 5.32 Å². The lowest BCUT2D eigenvalue weighted by Crippen LogP contribution is -2.28. The quantitative estimate of drug-likeness (QED) is 0.694. The molecule has 1 amide bonds. The molecule has 1 aromatic heterocycles. The van der Waals surface area contributed by atoms with Gasteiger partial charge in [0.25, 0.3) is 5.91 Å². The highest BCUT2D eigenvalue weighted by Crippen LogP contribution is 2.11. The number of halogens is 1. The van der Waals surface area contributed by atoms with Gasteiger partial charge in [-0.15, -0.1) is 0 Å². The van der Waals surface area contributed by atoms with E-state index in [9.17, 15) is 14.0 Å². The first-order chi connectivity index (χ1) is 12.6. The summed E-state index contributed by atoms with van der Waals surface area (Å²) in [5.74, 6) is -1.48. The number of rotatable bonds is 6. The van der Waals surface area contributed by atoms with Crippen LogP contribution in [-0.2, 0) is 16.1 Å². The van der Waals surface area contributed by atoms with Gasteiger partial charge < -0.3 is 14.6 Å². The highest BCUT2D eigenvalue weighted by Gasteiger charge is 2.11. The Morgan fingerprint density at radius 3 is 2.35 bits per heavy atom. The molecule has 0 spiro atoms. The van der Waals surface area contributed by atoms with E-state index in [1.807, 2.05) is 29.1 Å². The number of ether oxygens (including phenoxy) is 1. The molecule has 6 heteroatoms. The highest BCUT2D eigenvalue weighted by molar-refractivity contribution is 5.91. The fraction of sp³-hybridized carbons (Fsp3) is 0.100. The number of nitrogens with one attached hydrogen (secondary N) is 1. The van der Waals surface area contributed by atoms with Gasteiger partial charge in [0.05, 0.1) is 5.56 Å². The first-order valence-corrected chi connectivity index (χ1v) is 8.04. The fourth-order valence-electron chi connectivity index (χ4n) is 2.38. The summed E-state index contributed by atoms with van der Waals surface area (Å²) < 4.78 is 20.4. The molecule has 0 unspecified atom stereocenters. The molecule has 0 radical (unpaired) electrons. The van der Waals surface area contributed by atoms with Crippen molar-refractivity contribution in [3.8, 4) is 5.69 Å². The molecule has 0 fully saturated rings. The van der Waals surface area contributed by atoms with E-state index in [4.69, 9.17) is 4.74 Å². The fourth-order valence-corrected chi connectivity index (χ4v) is 2.38. The SMILES string of the molecule is O=C(COC(=O)c1ccc(-n2cccc2)cc1)NCc1ccccc1F. The van der Waals surface area contributed by atoms with Crippen LogP contribution >= 0.6 is 0 Å². The lowest BCUT2D eigenvalue weighted by atomic mass is 10.2. The van der Waals surface area contributed by atoms with Crippen LogP contribution in [0.4, 0.5) is 4.39 Å². The van der Waals surface area contributed by atoms with E-state index in [0.29, 0.717) is 11.1 Å². The van der Waals surface area contributed by atoms with Gasteiger partial charge in [-0.1, -0.05) is 18.2 Å². The molecule has 26 heavy (non-hydrogen) atoms. The molecule has 3 aromatic rings. The van der Waals surface area contributed by atoms with Crippen molar-refractivity contribution in [2.24, 2.45) is 0 Å². The Morgan fingerprint density at radius 2 is 1.65 bits per heavy atom. The first-order valence-electron chi connectivity index (χ1n) is 8.04. The molecule has 0 atom stereocenters. The van der Waals surface area contributed by atoms with E-state index in [2.05, 4.69) is 5.32 Å². The van der Waals surface area contributed by atoms with Crippen LogP contribution in [0.1, 0.15) is 15.9 Å². The van der Waals surface area contributed by atoms with Crippen molar-refractivity contribution in [2.45, 2.75) is 6.54 Å². The molecular weight excluding hydrogens is 335 g/mol. The zero-order chi connectivity index (χ0) is 18.4. The first kappa shape index (κ1) is 17.4. The highest BCUT2D eigenvalue weighted by atomic mass is 19.1. The number of amides is 1. The molecular formula is C20H17FN2O3. The summed E-state index contributed by atoms with van der Waals surface area (Å²) in [6.45, 7) is -0.388. The van der Waals surface area contributed by atoms with Gasteiger partial charge in [-0.2, -0.15) is 0 Å². The smallest absolute Gasteiger partial charge is 0.338 e. The average Bonchev–Trinajstić information content (AvgIpc) is 3.20. The van der Waals surface area contributed by atoms with Crippen molar-refractivity contribution in [3.05, 3.63) is 90.0 Å². The van der Waals surface area contributed by atoms with Crippen LogP contribution in [0.25, 0.3) is 5.69 Å². The van der Waals surface area contributed by atoms with Crippen LogP contribution in [0.2, 0.25) is 0 Å². The number of hydrogen-bond donors (Lipinski definition) is 1. The van der Waals surface area contributed by atoms with Gasteiger partial charge in [-0.05, 0) is 42.5 Å². The molecule has 1 heterocycles. The average molecular weight is 352 g/mol. The minimum Gasteiger partial charge on any atom is -0.452 e. The van der Waals surface area contributed by atoms with E-state index in [1.165, 1.54) is 6.07 Å². The third-order valence-corrected chi connectivity index (χ3v) is 3.77. The zero-order valence-electron chi connectivity index (χ0n) is 13.9. The van der Waals surface area contributed by atoms with E-state index < -0.39 is 24.3 Å². The van der Waals surface area contributed by atoms with Gasteiger partial charge in [-0.25, -0.2) is 9.18 Å². The van der Waals surface area contributed by atoms with E-state index >= 15 is 0 Å². The van der Waals surface area contributed by atoms with E-state index in [-0.39, 0.29) is 6.54 Å². The van der Waals surface area contributed by atoms with Crippen molar-refractivity contribution in [1.29, 1.82) is 0 Å². The lowest BCUT2D eigenvalue weighted by molar-refractivity contribution is -0.124. The molecule has 0 bridgehead atoms. The van der Waals surface area contributed by atoms with Gasteiger partial charge in [0, 0.05) is 30.2 Å². The molecule has 0 saturated heterocycles. The number of hydrogen-bond acceptors (Lipinski definition) is 3. The monoisotopic (exact) mass is 352 g/mol. The van der Waals surface area contributed by atoms with E-state index in [0.717, 1.165) is 5.69 Å². The van der Waals surface area contributed by atoms with Crippen molar-refractivity contribution < 1.29 is 18.7 Å². The molecule has 2 aromatic carbocycles. The maximum atomic E-state index is 13.5. The summed E-state index contributed by atoms with van der Waals surface area (Å²) in [5, 5.41) is 2.51. The Hall–Kier alpha value is -3.41. The van der Waals surface area contributed by atoms with Crippen molar-refractivity contribution in [3.63, 3.8) is 0 Å². The van der Waals surface area contributed by atoms with Gasteiger partial charge in [0.1, 0.15) is 5.82 Å². The molecule has 1 N–H and O–H groups in total. The minimum absolute atomic E-state index is 0.0363. The Bertz CT molecular complexity index is 890. The predicted octanol–water partition coefficient (Wildman–Crippen LogP) is 3.09. The largest absolute Gasteiger partial charge is 0.452 e. The van der Waals surface area contributed by atoms with E-state index in [1.54, 1.807) is 42.5 Å². The molecule has 0 aliphatic carbocycles. The zero-order valence-corrected chi connectivity index (χ0v) is 13.9. The van der Waals surface area contributed by atoms with Crippen LogP contribution in [-0.4, -0.2) is 23.1 Å². The summed E-state index contributed by atoms with van der Waals surface area (Å²) in [6.07, 6.45) is 3.79. The second kappa shape index (κ2) is 8.11. The molecule has 3 rings (SSSR count). The van der Waals surface area contributed by atoms with Gasteiger partial charge in [0.2, 0.25) is 0 Å². The molecule has 0 aliphatic rings. The topological polar surface area (TPSA) is 60.3 Å². The third-order valence-electron chi connectivity index (χ3n) is 3.77. The summed E-state index contributed by atoms with van der Waals surface area (Å²) in [7, 11) is 0. The third kappa shape index (κ3) is 4.36. The van der Waals surface area contributed by atoms with Crippen molar-refractivity contribution >= 4 is 11.9 Å². The molecule has 0 saturated carbocycles. The lowest BCUT2D eigenvalue weighted by Gasteiger charge is -2.08. The summed E-state index contributed by atoms with van der Waals surface area (Å²) in [5.41, 5.74) is 1.63. The summed E-state index contributed by atoms with van der Waals surface area (Å²) in [4.78, 5) is 23.8. The number of benzene rings is 2. The maximum Gasteiger partial charge on any atom is 0.338 e. The minimum atomic E-state index is -0.593. The summed E-state index contributed by atoms with van der Waals surface area (Å²) >= 11 is 0. The Kier molecular flexibility index (Phi) is 5.43. The number of esters is 1. The van der Waals surface area contributed by atoms with Crippen LogP contribution in [0.5, 0.6) is 0 Å². The Balaban J connectivity index is 1.49. The number of aromatic nitrogens is 1. The summed E-state index contributed by atoms with van der Waals surface area (Å²) in [6, 6.07) is 16.8. The van der Waals surface area contributed by atoms with Crippen molar-refractivity contribution in [1.82, 2.24) is 9.88 Å². The predicted molar refractivity (Wildman–Crippen MR) is 94.3 cm³/mol. The second-order valence-electron chi connectivity index (χ2n) is 5.58. The standard InChI is InChI=1S/C20H17FN2O3/c21-18-6-2-1-5-16(18)13-22-19(24)14-26-20(25)15-7-9-17(10-8-15)23-11-3-4-12-23/h1-12H,13-14H2,(H,22,24). The van der Waals surface area contributed by atoms with Gasteiger partial charge >= 0.3 is 5.97 Å². The molecule has 5 nitrogen and oxygen atoms in total. The maximum absolute atomic E-state index is 13.5. The normalized spacial score (nSPS) is 10.3. The molecule has 0 aliphatic heterocycles. The number of nitrogens with zero attached hydrogens (tertiary/aromatic N) is 1. The van der Waals surface area contributed by atoms with Gasteiger partial charge in [0.15, 0.2) is 6.61 Å². The molecule has 132 valence electrons. The Labute approximate surface area is 150 Å².